The van der Waals surface area contributed by atoms with Crippen LogP contribution < -0.4 is 0 Å². The van der Waals surface area contributed by atoms with Crippen molar-refractivity contribution in [2.75, 3.05) is 0 Å². The average Bonchev–Trinajstić information content (AvgIpc) is 2.27. The fourth-order valence-electron chi connectivity index (χ4n) is 2.72. The molecule has 1 aromatic rings. The molecular weight excluding hydrogens is 224 g/mol. The Balaban J connectivity index is 1.82. The molecule has 2 heteroatoms. The molecule has 0 amide bonds. The number of hydrogen-bond donors (Lipinski definition) is 1. The Labute approximate surface area is 109 Å². The maximum absolute atomic E-state index is 10.5. The van der Waals surface area contributed by atoms with Crippen LogP contribution in [0.5, 0.6) is 0 Å². The minimum Gasteiger partial charge on any atom is -0.481 e. The maximum Gasteiger partial charge on any atom is 0.303 e. The normalized spacial score (nSPS) is 22.8. The van der Waals surface area contributed by atoms with E-state index in [1.807, 2.05) is 0 Å². The Morgan fingerprint density at radius 2 is 1.89 bits per heavy atom. The third-order valence-corrected chi connectivity index (χ3v) is 4.08. The first kappa shape index (κ1) is 13.1. The molecule has 0 atom stereocenters. The smallest absolute Gasteiger partial charge is 0.303 e. The molecule has 1 saturated carbocycles. The summed E-state index contributed by atoms with van der Waals surface area (Å²) in [5.41, 5.74) is 2.81. The minimum absolute atomic E-state index is 0.323. The van der Waals surface area contributed by atoms with Gasteiger partial charge >= 0.3 is 5.97 Å². The molecule has 18 heavy (non-hydrogen) atoms. The predicted molar refractivity (Wildman–Crippen MR) is 72.9 cm³/mol. The maximum atomic E-state index is 10.5. The first-order valence-corrected chi connectivity index (χ1v) is 6.88. The average molecular weight is 246 g/mol. The van der Waals surface area contributed by atoms with E-state index in [1.54, 1.807) is 0 Å². The number of carboxylic acid groups (broad SMARTS) is 1. The molecule has 0 aromatic heterocycles. The standard InChI is InChI=1S/C16H22O2/c1-11(2)13-4-6-14(7-5-13)15-9-12(10-15)3-8-16(17)18/h4-7,11-12,15H,3,8-10H2,1-2H3,(H,17,18). The second-order valence-electron chi connectivity index (χ2n) is 5.79. The van der Waals surface area contributed by atoms with Gasteiger partial charge in [0.1, 0.15) is 0 Å². The van der Waals surface area contributed by atoms with Crippen LogP contribution in [0.3, 0.4) is 0 Å². The van der Waals surface area contributed by atoms with Crippen LogP contribution in [0.15, 0.2) is 24.3 Å². The van der Waals surface area contributed by atoms with Crippen LogP contribution in [-0.2, 0) is 4.79 Å². The molecule has 0 heterocycles. The minimum atomic E-state index is -0.667. The van der Waals surface area contributed by atoms with Crippen LogP contribution in [0.4, 0.5) is 0 Å². The molecule has 1 aliphatic carbocycles. The molecule has 2 nitrogen and oxygen atoms in total. The first-order valence-electron chi connectivity index (χ1n) is 6.88. The van der Waals surface area contributed by atoms with Crippen LogP contribution >= 0.6 is 0 Å². The van der Waals surface area contributed by atoms with Gasteiger partial charge in [-0.25, -0.2) is 0 Å². The monoisotopic (exact) mass is 246 g/mol. The highest BCUT2D eigenvalue weighted by atomic mass is 16.4. The van der Waals surface area contributed by atoms with Crippen molar-refractivity contribution in [3.8, 4) is 0 Å². The topological polar surface area (TPSA) is 37.3 Å². The second-order valence-corrected chi connectivity index (χ2v) is 5.79. The molecule has 0 radical (unpaired) electrons. The van der Waals surface area contributed by atoms with Crippen molar-refractivity contribution in [2.45, 2.75) is 51.4 Å². The zero-order valence-electron chi connectivity index (χ0n) is 11.2. The van der Waals surface area contributed by atoms with Crippen molar-refractivity contribution in [1.82, 2.24) is 0 Å². The van der Waals surface area contributed by atoms with E-state index in [-0.39, 0.29) is 0 Å². The molecule has 0 spiro atoms. The van der Waals surface area contributed by atoms with E-state index < -0.39 is 5.97 Å². The number of carbonyl (C=O) groups is 1. The molecule has 2 rings (SSSR count). The molecule has 0 aliphatic heterocycles. The Morgan fingerprint density at radius 3 is 2.39 bits per heavy atom. The van der Waals surface area contributed by atoms with Crippen molar-refractivity contribution >= 4 is 5.97 Å². The van der Waals surface area contributed by atoms with Gasteiger partial charge in [0.25, 0.3) is 0 Å². The molecular formula is C16H22O2. The van der Waals surface area contributed by atoms with Crippen molar-refractivity contribution in [3.05, 3.63) is 35.4 Å². The molecule has 0 unspecified atom stereocenters. The summed E-state index contributed by atoms with van der Waals surface area (Å²) in [4.78, 5) is 10.5. The van der Waals surface area contributed by atoms with Crippen LogP contribution in [0, 0.1) is 5.92 Å². The van der Waals surface area contributed by atoms with E-state index in [0.29, 0.717) is 24.2 Å². The third kappa shape index (κ3) is 3.12. The Bertz CT molecular complexity index is 400. The molecule has 1 fully saturated rings. The zero-order chi connectivity index (χ0) is 13.1. The summed E-state index contributed by atoms with van der Waals surface area (Å²) in [6, 6.07) is 8.94. The highest BCUT2D eigenvalue weighted by molar-refractivity contribution is 5.66. The quantitative estimate of drug-likeness (QED) is 0.846. The number of benzene rings is 1. The van der Waals surface area contributed by atoms with E-state index in [2.05, 4.69) is 38.1 Å². The summed E-state index contributed by atoms with van der Waals surface area (Å²) < 4.78 is 0. The fourth-order valence-corrected chi connectivity index (χ4v) is 2.72. The molecule has 1 aliphatic rings. The van der Waals surface area contributed by atoms with E-state index >= 15 is 0 Å². The summed E-state index contributed by atoms with van der Waals surface area (Å²) >= 11 is 0. The molecule has 1 N–H and O–H groups in total. The van der Waals surface area contributed by atoms with E-state index in [9.17, 15) is 4.79 Å². The van der Waals surface area contributed by atoms with Gasteiger partial charge in [-0.2, -0.15) is 0 Å². The number of hydrogen-bond acceptors (Lipinski definition) is 1. The van der Waals surface area contributed by atoms with Gasteiger partial charge in [0.05, 0.1) is 0 Å². The summed E-state index contributed by atoms with van der Waals surface area (Å²) in [6.45, 7) is 4.42. The van der Waals surface area contributed by atoms with E-state index in [4.69, 9.17) is 5.11 Å². The van der Waals surface area contributed by atoms with Gasteiger partial charge in [-0.15, -0.1) is 0 Å². The highest BCUT2D eigenvalue weighted by Gasteiger charge is 2.30. The van der Waals surface area contributed by atoms with Crippen LogP contribution in [-0.4, -0.2) is 11.1 Å². The summed E-state index contributed by atoms with van der Waals surface area (Å²) in [6.07, 6.45) is 3.49. The third-order valence-electron chi connectivity index (χ3n) is 4.08. The molecule has 98 valence electrons. The van der Waals surface area contributed by atoms with Crippen molar-refractivity contribution in [1.29, 1.82) is 0 Å². The molecule has 0 bridgehead atoms. The van der Waals surface area contributed by atoms with Gasteiger partial charge < -0.3 is 5.11 Å². The van der Waals surface area contributed by atoms with E-state index in [1.165, 1.54) is 11.1 Å². The van der Waals surface area contributed by atoms with Gasteiger partial charge in [0.2, 0.25) is 0 Å². The van der Waals surface area contributed by atoms with Gasteiger partial charge in [-0.05, 0) is 48.1 Å². The Kier molecular flexibility index (Phi) is 4.05. The summed E-state index contributed by atoms with van der Waals surface area (Å²) in [7, 11) is 0. The largest absolute Gasteiger partial charge is 0.481 e. The molecule has 0 saturated heterocycles. The van der Waals surface area contributed by atoms with Crippen LogP contribution in [0.1, 0.15) is 62.5 Å². The van der Waals surface area contributed by atoms with Gasteiger partial charge in [-0.3, -0.25) is 4.79 Å². The fraction of sp³-hybridized carbons (Fsp3) is 0.562. The van der Waals surface area contributed by atoms with Gasteiger partial charge in [0, 0.05) is 6.42 Å². The van der Waals surface area contributed by atoms with Crippen molar-refractivity contribution < 1.29 is 9.90 Å². The molecule has 1 aromatic carbocycles. The Morgan fingerprint density at radius 1 is 1.28 bits per heavy atom. The van der Waals surface area contributed by atoms with Crippen LogP contribution in [0.25, 0.3) is 0 Å². The van der Waals surface area contributed by atoms with Crippen LogP contribution in [0.2, 0.25) is 0 Å². The highest BCUT2D eigenvalue weighted by Crippen LogP contribution is 2.43. The number of carboxylic acids is 1. The lowest BCUT2D eigenvalue weighted by Gasteiger charge is -2.35. The first-order chi connectivity index (χ1) is 8.56. The number of aliphatic carboxylic acids is 1. The summed E-state index contributed by atoms with van der Waals surface area (Å²) in [5, 5.41) is 8.65. The Hall–Kier alpha value is -1.31. The lowest BCUT2D eigenvalue weighted by molar-refractivity contribution is -0.137. The zero-order valence-corrected chi connectivity index (χ0v) is 11.2. The van der Waals surface area contributed by atoms with Gasteiger partial charge in [0.15, 0.2) is 0 Å². The van der Waals surface area contributed by atoms with Gasteiger partial charge in [-0.1, -0.05) is 38.1 Å². The lowest BCUT2D eigenvalue weighted by atomic mass is 9.69. The van der Waals surface area contributed by atoms with Crippen molar-refractivity contribution in [3.63, 3.8) is 0 Å². The lowest BCUT2D eigenvalue weighted by Crippen LogP contribution is -2.22. The predicted octanol–water partition coefficient (Wildman–Crippen LogP) is 4.17. The van der Waals surface area contributed by atoms with Crippen molar-refractivity contribution in [2.24, 2.45) is 5.92 Å². The van der Waals surface area contributed by atoms with E-state index in [0.717, 1.165) is 19.3 Å². The number of rotatable bonds is 5. The second kappa shape index (κ2) is 5.55. The SMILES string of the molecule is CC(C)c1ccc(C2CC(CCC(=O)O)C2)cc1. The summed E-state index contributed by atoms with van der Waals surface area (Å²) in [5.74, 6) is 1.20.